The van der Waals surface area contributed by atoms with E-state index in [1.807, 2.05) is 101 Å². The number of fused-ring (bicyclic) bond motifs is 6. The van der Waals surface area contributed by atoms with Crippen molar-refractivity contribution in [2.45, 2.75) is 89.0 Å². The van der Waals surface area contributed by atoms with E-state index in [1.54, 1.807) is 43.3 Å². The van der Waals surface area contributed by atoms with Gasteiger partial charge >= 0.3 is 12.4 Å². The van der Waals surface area contributed by atoms with Crippen molar-refractivity contribution in [2.75, 3.05) is 26.4 Å². The Morgan fingerprint density at radius 1 is 0.524 bits per heavy atom. The summed E-state index contributed by atoms with van der Waals surface area (Å²) in [5.74, 6) is -2.21. The first-order chi connectivity index (χ1) is 39.0. The van der Waals surface area contributed by atoms with E-state index in [-0.39, 0.29) is 22.9 Å². The lowest BCUT2D eigenvalue weighted by Gasteiger charge is -2.33. The number of pyridine rings is 2. The molecule has 82 heavy (non-hydrogen) atoms. The Bertz CT molecular complexity index is 3690. The number of halogens is 8. The minimum atomic E-state index is -5.08. The third-order valence-electron chi connectivity index (χ3n) is 16.7. The molecular weight excluding hydrogens is 1070 g/mol. The molecule has 10 aromatic rings. The van der Waals surface area contributed by atoms with Gasteiger partial charge in [-0.1, -0.05) is 84.9 Å². The lowest BCUT2D eigenvalue weighted by Crippen LogP contribution is -2.40. The molecule has 2 saturated heterocycles. The van der Waals surface area contributed by atoms with Crippen LogP contribution in [-0.4, -0.2) is 87.7 Å². The van der Waals surface area contributed by atoms with Gasteiger partial charge in [-0.25, -0.2) is 8.78 Å². The van der Waals surface area contributed by atoms with Gasteiger partial charge in [-0.15, -0.1) is 0 Å². The highest BCUT2D eigenvalue weighted by Gasteiger charge is 2.54. The number of nitrogens with zero attached hydrogens (tertiary/aromatic N) is 8. The normalized spacial score (nSPS) is 17.3. The average Bonchev–Trinajstić information content (AvgIpc) is 2.28. The number of alkyl halides is 6. The number of rotatable bonds is 10. The lowest BCUT2D eigenvalue weighted by atomic mass is 9.86. The van der Waals surface area contributed by atoms with Gasteiger partial charge in [0.25, 0.3) is 0 Å². The zero-order valence-corrected chi connectivity index (χ0v) is 45.8. The monoisotopic (exact) mass is 1130 g/mol. The van der Waals surface area contributed by atoms with Gasteiger partial charge in [-0.3, -0.25) is 19.3 Å². The summed E-state index contributed by atoms with van der Waals surface area (Å²) < 4.78 is 135. The SMILES string of the molecule is Cc1cnn(C)c1-c1cnc2c3ccc(C(C)(O)C(F)(F)F)c(F)c3n([C@H](c3ccccc3)C3CCOCC3)c2c1.Cc1cnn(C)c1-c1cnc2c3ccc(C(C)(O)C(F)(F)F)c(F)c3n([C@H](c3ccccc3)C3CCOCC3)c2c1. The maximum Gasteiger partial charge on any atom is 0.421 e. The largest absolute Gasteiger partial charge is 0.421 e. The van der Waals surface area contributed by atoms with Crippen LogP contribution in [0.3, 0.4) is 0 Å². The molecule has 0 radical (unpaired) electrons. The highest BCUT2D eigenvalue weighted by molar-refractivity contribution is 6.08. The Kier molecular flexibility index (Phi) is 14.7. The van der Waals surface area contributed by atoms with Crippen LogP contribution in [0.15, 0.2) is 122 Å². The van der Waals surface area contributed by atoms with Gasteiger partial charge in [0.2, 0.25) is 0 Å². The maximum atomic E-state index is 16.6. The number of aromatic nitrogens is 8. The van der Waals surface area contributed by atoms with Crippen LogP contribution in [0.4, 0.5) is 35.1 Å². The van der Waals surface area contributed by atoms with Gasteiger partial charge in [-0.05, 0) is 99.6 Å². The molecule has 12 rings (SSSR count). The number of hydrogen-bond acceptors (Lipinski definition) is 8. The summed E-state index contributed by atoms with van der Waals surface area (Å²) in [6.07, 6.45) is -0.552. The number of aliphatic hydroxyl groups is 2. The molecule has 4 aromatic carbocycles. The van der Waals surface area contributed by atoms with E-state index in [2.05, 4.69) is 10.2 Å². The first kappa shape index (κ1) is 56.3. The number of benzene rings is 4. The molecule has 0 spiro atoms. The molecule has 0 saturated carbocycles. The molecule has 428 valence electrons. The average molecular weight is 1130 g/mol. The summed E-state index contributed by atoms with van der Waals surface area (Å²) >= 11 is 0. The first-order valence-electron chi connectivity index (χ1n) is 27.1. The number of aryl methyl sites for hydroxylation is 4. The zero-order chi connectivity index (χ0) is 58.2. The van der Waals surface area contributed by atoms with Crippen LogP contribution in [0.5, 0.6) is 0 Å². The predicted molar refractivity (Wildman–Crippen MR) is 296 cm³/mol. The molecule has 4 atom stereocenters. The Balaban J connectivity index is 0.000000172. The van der Waals surface area contributed by atoms with Crippen LogP contribution in [0, 0.1) is 37.3 Å². The Labute approximate surface area is 466 Å². The Hall–Kier alpha value is -7.52. The quantitative estimate of drug-likeness (QED) is 0.130. The highest BCUT2D eigenvalue weighted by atomic mass is 19.4. The second-order valence-corrected chi connectivity index (χ2v) is 21.9. The van der Waals surface area contributed by atoms with E-state index < -0.39 is 58.4 Å². The number of hydrogen-bond donors (Lipinski definition) is 2. The van der Waals surface area contributed by atoms with Crippen LogP contribution in [-0.2, 0) is 34.8 Å². The van der Waals surface area contributed by atoms with Gasteiger partial charge in [0.1, 0.15) is 0 Å². The molecule has 2 fully saturated rings. The van der Waals surface area contributed by atoms with Crippen molar-refractivity contribution in [3.8, 4) is 22.5 Å². The molecular formula is C62H60F8N8O4. The standard InChI is InChI=1S/2C31H30F4N4O2/c2*1-18-16-37-38(3)27(18)21-15-24-26(36-17-21)22-9-10-23(30(2,40)31(33,34)35)25(32)29(22)39(24)28(19-7-5-4-6-8-19)20-11-13-41-14-12-20/h2*4-10,15-17,20,28,40H,11-14H2,1-3H3/t2*28-,30?/m11/s1. The minimum Gasteiger partial charge on any atom is -0.381 e. The fourth-order valence-corrected chi connectivity index (χ4v) is 12.4. The summed E-state index contributed by atoms with van der Waals surface area (Å²) in [6, 6.07) is 27.0. The van der Waals surface area contributed by atoms with Crippen LogP contribution in [0.2, 0.25) is 0 Å². The van der Waals surface area contributed by atoms with Gasteiger partial charge < -0.3 is 28.8 Å². The summed E-state index contributed by atoms with van der Waals surface area (Å²) in [5, 5.41) is 30.5. The molecule has 2 aliphatic heterocycles. The van der Waals surface area contributed by atoms with Crippen molar-refractivity contribution in [2.24, 2.45) is 25.9 Å². The van der Waals surface area contributed by atoms with Crippen LogP contribution in [0.25, 0.3) is 66.4 Å². The third-order valence-corrected chi connectivity index (χ3v) is 16.7. The molecule has 2 unspecified atom stereocenters. The predicted octanol–water partition coefficient (Wildman–Crippen LogP) is 13.6. The van der Waals surface area contributed by atoms with E-state index >= 15 is 8.78 Å². The van der Waals surface area contributed by atoms with Crippen molar-refractivity contribution in [3.05, 3.63) is 167 Å². The van der Waals surface area contributed by atoms with Crippen molar-refractivity contribution in [1.29, 1.82) is 0 Å². The van der Waals surface area contributed by atoms with Crippen molar-refractivity contribution >= 4 is 43.9 Å². The summed E-state index contributed by atoms with van der Waals surface area (Å²) in [5.41, 5.74) is 0.431. The topological polar surface area (TPSA) is 130 Å². The van der Waals surface area contributed by atoms with Gasteiger partial charge in [0, 0.05) is 85.9 Å². The second kappa shape index (κ2) is 21.3. The lowest BCUT2D eigenvalue weighted by molar-refractivity contribution is -0.259. The van der Waals surface area contributed by atoms with Gasteiger partial charge in [0.15, 0.2) is 22.8 Å². The molecule has 0 bridgehead atoms. The van der Waals surface area contributed by atoms with E-state index in [9.17, 15) is 36.6 Å². The second-order valence-electron chi connectivity index (χ2n) is 21.9. The molecule has 12 nitrogen and oxygen atoms in total. The molecule has 20 heteroatoms. The summed E-state index contributed by atoms with van der Waals surface area (Å²) in [7, 11) is 3.64. The molecule has 6 aromatic heterocycles. The maximum absolute atomic E-state index is 16.6. The van der Waals surface area contributed by atoms with E-state index in [4.69, 9.17) is 19.4 Å². The van der Waals surface area contributed by atoms with E-state index in [0.717, 1.165) is 56.9 Å². The molecule has 0 aliphatic carbocycles. The smallest absolute Gasteiger partial charge is 0.381 e. The van der Waals surface area contributed by atoms with E-state index in [0.29, 0.717) is 98.8 Å². The Morgan fingerprint density at radius 2 is 0.878 bits per heavy atom. The fourth-order valence-electron chi connectivity index (χ4n) is 12.4. The van der Waals surface area contributed by atoms with Crippen molar-refractivity contribution in [3.63, 3.8) is 0 Å². The summed E-state index contributed by atoms with van der Waals surface area (Å²) in [6.45, 7) is 7.14. The number of ether oxygens (including phenoxy) is 2. The van der Waals surface area contributed by atoms with Crippen LogP contribution in [0.1, 0.15) is 85.0 Å². The summed E-state index contributed by atoms with van der Waals surface area (Å²) in [4.78, 5) is 9.47. The van der Waals surface area contributed by atoms with Gasteiger partial charge in [-0.2, -0.15) is 36.5 Å². The fraction of sp³-hybridized carbons (Fsp3) is 0.355. The minimum absolute atomic E-state index is 0.0122. The Morgan fingerprint density at radius 3 is 1.20 bits per heavy atom. The van der Waals surface area contributed by atoms with Gasteiger partial charge in [0.05, 0.1) is 69.0 Å². The van der Waals surface area contributed by atoms with Crippen LogP contribution < -0.4 is 0 Å². The molecule has 2 N–H and O–H groups in total. The first-order valence-corrected chi connectivity index (χ1v) is 27.1. The van der Waals surface area contributed by atoms with E-state index in [1.165, 1.54) is 12.1 Å². The van der Waals surface area contributed by atoms with Crippen molar-refractivity contribution in [1.82, 2.24) is 38.7 Å². The molecule has 0 amide bonds. The molecule has 2 aliphatic rings. The zero-order valence-electron chi connectivity index (χ0n) is 45.8. The van der Waals surface area contributed by atoms with Crippen molar-refractivity contribution < 1.29 is 54.8 Å². The highest BCUT2D eigenvalue weighted by Crippen LogP contribution is 2.49. The van der Waals surface area contributed by atoms with Crippen LogP contribution >= 0.6 is 0 Å². The molecule has 8 heterocycles. The third kappa shape index (κ3) is 9.59.